The van der Waals surface area contributed by atoms with Crippen molar-refractivity contribution in [3.8, 4) is 0 Å². The Hall–Kier alpha value is -2.73. The van der Waals surface area contributed by atoms with Crippen molar-refractivity contribution in [1.29, 1.82) is 0 Å². The molecule has 3 aromatic rings. The Morgan fingerprint density at radius 1 is 1.17 bits per heavy atom. The number of fused-ring (bicyclic) bond motifs is 1. The van der Waals surface area contributed by atoms with Gasteiger partial charge in [0.2, 0.25) is 0 Å². The SMILES string of the molecule is CC(NC(=O)c1cc2cc([N+](=O)[O-])ccc2s1)c1ccccc1. The number of nitrogens with one attached hydrogen (secondary N) is 1. The minimum atomic E-state index is -0.436. The summed E-state index contributed by atoms with van der Waals surface area (Å²) in [6.07, 6.45) is 0. The number of carbonyl (C=O) groups is 1. The maximum atomic E-state index is 12.4. The van der Waals surface area contributed by atoms with Gasteiger partial charge in [-0.25, -0.2) is 0 Å². The van der Waals surface area contributed by atoms with E-state index in [0.29, 0.717) is 10.3 Å². The van der Waals surface area contributed by atoms with Crippen LogP contribution in [-0.4, -0.2) is 10.8 Å². The standard InChI is InChI=1S/C17H14N2O3S/c1-11(12-5-3-2-4-6-12)18-17(20)16-10-13-9-14(19(21)22)7-8-15(13)23-16/h2-11H,1H3,(H,18,20). The summed E-state index contributed by atoms with van der Waals surface area (Å²) in [7, 11) is 0. The molecule has 1 unspecified atom stereocenters. The van der Waals surface area contributed by atoms with E-state index in [1.165, 1.54) is 23.5 Å². The molecule has 0 saturated heterocycles. The van der Waals surface area contributed by atoms with Crippen LogP contribution in [0.1, 0.15) is 28.2 Å². The van der Waals surface area contributed by atoms with Crippen LogP contribution in [0.4, 0.5) is 5.69 Å². The molecule has 1 aromatic heterocycles. The minimum Gasteiger partial charge on any atom is -0.345 e. The van der Waals surface area contributed by atoms with Crippen LogP contribution >= 0.6 is 11.3 Å². The van der Waals surface area contributed by atoms with Gasteiger partial charge in [-0.2, -0.15) is 0 Å². The Kier molecular flexibility index (Phi) is 4.08. The average Bonchev–Trinajstić information content (AvgIpc) is 2.98. The quantitative estimate of drug-likeness (QED) is 0.574. The van der Waals surface area contributed by atoms with Gasteiger partial charge in [0.15, 0.2) is 0 Å². The van der Waals surface area contributed by atoms with E-state index in [2.05, 4.69) is 5.32 Å². The number of nitro benzene ring substituents is 1. The highest BCUT2D eigenvalue weighted by molar-refractivity contribution is 7.20. The van der Waals surface area contributed by atoms with Crippen molar-refractivity contribution >= 4 is 33.0 Å². The van der Waals surface area contributed by atoms with Crippen LogP contribution in [0.5, 0.6) is 0 Å². The molecule has 1 amide bonds. The fraction of sp³-hybridized carbons (Fsp3) is 0.118. The molecule has 0 fully saturated rings. The van der Waals surface area contributed by atoms with E-state index in [-0.39, 0.29) is 17.6 Å². The Morgan fingerprint density at radius 3 is 2.61 bits per heavy atom. The zero-order valence-electron chi connectivity index (χ0n) is 12.4. The van der Waals surface area contributed by atoms with Crippen LogP contribution < -0.4 is 5.32 Å². The lowest BCUT2D eigenvalue weighted by molar-refractivity contribution is -0.384. The smallest absolute Gasteiger partial charge is 0.270 e. The highest BCUT2D eigenvalue weighted by atomic mass is 32.1. The van der Waals surface area contributed by atoms with Crippen molar-refractivity contribution < 1.29 is 9.72 Å². The molecule has 0 saturated carbocycles. The fourth-order valence-electron chi connectivity index (χ4n) is 2.35. The molecule has 23 heavy (non-hydrogen) atoms. The predicted molar refractivity (Wildman–Crippen MR) is 90.8 cm³/mol. The van der Waals surface area contributed by atoms with Gasteiger partial charge in [-0.15, -0.1) is 11.3 Å². The number of rotatable bonds is 4. The van der Waals surface area contributed by atoms with Crippen LogP contribution in [0.25, 0.3) is 10.1 Å². The first-order valence-electron chi connectivity index (χ1n) is 7.08. The lowest BCUT2D eigenvalue weighted by Crippen LogP contribution is -2.25. The summed E-state index contributed by atoms with van der Waals surface area (Å²) in [6, 6.07) is 15.9. The number of thiophene rings is 1. The zero-order valence-corrected chi connectivity index (χ0v) is 13.2. The number of nitrogens with zero attached hydrogens (tertiary/aromatic N) is 1. The second-order valence-corrected chi connectivity index (χ2v) is 6.28. The summed E-state index contributed by atoms with van der Waals surface area (Å²) in [5.74, 6) is -0.176. The molecule has 0 spiro atoms. The zero-order chi connectivity index (χ0) is 16.4. The Balaban J connectivity index is 1.82. The van der Waals surface area contributed by atoms with Crippen molar-refractivity contribution in [1.82, 2.24) is 5.32 Å². The van der Waals surface area contributed by atoms with Crippen molar-refractivity contribution in [2.24, 2.45) is 0 Å². The first-order chi connectivity index (χ1) is 11.0. The van der Waals surface area contributed by atoms with E-state index in [1.807, 2.05) is 37.3 Å². The number of non-ortho nitro benzene ring substituents is 1. The first kappa shape index (κ1) is 15.2. The maximum Gasteiger partial charge on any atom is 0.270 e. The van der Waals surface area contributed by atoms with Gasteiger partial charge >= 0.3 is 0 Å². The molecule has 0 aliphatic rings. The summed E-state index contributed by atoms with van der Waals surface area (Å²) in [4.78, 5) is 23.3. The molecule has 1 heterocycles. The average molecular weight is 326 g/mol. The molecule has 0 bridgehead atoms. The molecule has 3 rings (SSSR count). The number of carbonyl (C=O) groups excluding carboxylic acids is 1. The predicted octanol–water partition coefficient (Wildman–Crippen LogP) is 4.30. The van der Waals surface area contributed by atoms with E-state index in [9.17, 15) is 14.9 Å². The number of hydrogen-bond acceptors (Lipinski definition) is 4. The van der Waals surface area contributed by atoms with Gasteiger partial charge < -0.3 is 5.32 Å². The van der Waals surface area contributed by atoms with Crippen molar-refractivity contribution in [3.05, 3.63) is 75.2 Å². The van der Waals surface area contributed by atoms with Gasteiger partial charge in [0.05, 0.1) is 15.8 Å². The molecule has 6 heteroatoms. The van der Waals surface area contributed by atoms with Crippen molar-refractivity contribution in [3.63, 3.8) is 0 Å². The van der Waals surface area contributed by atoms with Crippen LogP contribution in [0.2, 0.25) is 0 Å². The normalized spacial score (nSPS) is 12.0. The topological polar surface area (TPSA) is 72.2 Å². The lowest BCUT2D eigenvalue weighted by Gasteiger charge is -2.13. The number of nitro groups is 1. The largest absolute Gasteiger partial charge is 0.345 e. The van der Waals surface area contributed by atoms with E-state index < -0.39 is 4.92 Å². The minimum absolute atomic E-state index is 0.0277. The van der Waals surface area contributed by atoms with Gasteiger partial charge in [-0.3, -0.25) is 14.9 Å². The molecular formula is C17H14N2O3S. The summed E-state index contributed by atoms with van der Waals surface area (Å²) in [6.45, 7) is 1.92. The second kappa shape index (κ2) is 6.18. The van der Waals surface area contributed by atoms with Crippen LogP contribution in [-0.2, 0) is 0 Å². The maximum absolute atomic E-state index is 12.4. The van der Waals surface area contributed by atoms with Gasteiger partial charge in [0.25, 0.3) is 11.6 Å². The summed E-state index contributed by atoms with van der Waals surface area (Å²) in [5.41, 5.74) is 1.05. The van der Waals surface area contributed by atoms with Crippen LogP contribution in [0, 0.1) is 10.1 Å². The molecule has 1 atom stereocenters. The highest BCUT2D eigenvalue weighted by Crippen LogP contribution is 2.29. The van der Waals surface area contributed by atoms with Gasteiger partial charge in [-0.05, 0) is 24.6 Å². The third-order valence-corrected chi connectivity index (χ3v) is 4.70. The van der Waals surface area contributed by atoms with Gasteiger partial charge in [-0.1, -0.05) is 30.3 Å². The van der Waals surface area contributed by atoms with E-state index in [0.717, 1.165) is 10.3 Å². The summed E-state index contributed by atoms with van der Waals surface area (Å²) in [5, 5.41) is 14.5. The molecule has 116 valence electrons. The molecule has 2 aromatic carbocycles. The van der Waals surface area contributed by atoms with E-state index >= 15 is 0 Å². The first-order valence-corrected chi connectivity index (χ1v) is 7.90. The summed E-state index contributed by atoms with van der Waals surface area (Å²) < 4.78 is 0.855. The Bertz CT molecular complexity index is 874. The Labute approximate surface area is 136 Å². The number of benzene rings is 2. The third-order valence-electron chi connectivity index (χ3n) is 3.58. The van der Waals surface area contributed by atoms with Gasteiger partial charge in [0, 0.05) is 22.2 Å². The third kappa shape index (κ3) is 3.22. The van der Waals surface area contributed by atoms with E-state index in [1.54, 1.807) is 12.1 Å². The van der Waals surface area contributed by atoms with Crippen molar-refractivity contribution in [2.45, 2.75) is 13.0 Å². The van der Waals surface area contributed by atoms with Crippen LogP contribution in [0.15, 0.2) is 54.6 Å². The molecule has 1 N–H and O–H groups in total. The van der Waals surface area contributed by atoms with E-state index in [4.69, 9.17) is 0 Å². The molecule has 0 aliphatic carbocycles. The number of hydrogen-bond donors (Lipinski definition) is 1. The molecule has 0 aliphatic heterocycles. The van der Waals surface area contributed by atoms with Gasteiger partial charge in [0.1, 0.15) is 0 Å². The molecule has 0 radical (unpaired) electrons. The molecule has 5 nitrogen and oxygen atoms in total. The lowest BCUT2D eigenvalue weighted by atomic mass is 10.1. The van der Waals surface area contributed by atoms with Crippen molar-refractivity contribution in [2.75, 3.05) is 0 Å². The second-order valence-electron chi connectivity index (χ2n) is 5.20. The molecular weight excluding hydrogens is 312 g/mol. The highest BCUT2D eigenvalue weighted by Gasteiger charge is 2.15. The fourth-order valence-corrected chi connectivity index (χ4v) is 3.30. The van der Waals surface area contributed by atoms with Crippen LogP contribution in [0.3, 0.4) is 0 Å². The summed E-state index contributed by atoms with van der Waals surface area (Å²) >= 11 is 1.33. The number of amides is 1. The monoisotopic (exact) mass is 326 g/mol. The Morgan fingerprint density at radius 2 is 1.91 bits per heavy atom.